The Morgan fingerprint density at radius 2 is 2.04 bits per heavy atom. The summed E-state index contributed by atoms with van der Waals surface area (Å²) in [6, 6.07) is 0. The second-order valence-electron chi connectivity index (χ2n) is 8.01. The Kier molecular flexibility index (Phi) is 6.71. The molecule has 0 aromatic rings. The lowest BCUT2D eigenvalue weighted by Gasteiger charge is -2.38. The van der Waals surface area contributed by atoms with Crippen molar-refractivity contribution in [3.63, 3.8) is 0 Å². The summed E-state index contributed by atoms with van der Waals surface area (Å²) in [6.45, 7) is 13.3. The summed E-state index contributed by atoms with van der Waals surface area (Å²) in [7, 11) is -1.75. The molecule has 0 unspecified atom stereocenters. The highest BCUT2D eigenvalue weighted by molar-refractivity contribution is 9.11. The fourth-order valence-corrected chi connectivity index (χ4v) is 4.12. The molecule has 132 valence electrons. The van der Waals surface area contributed by atoms with Crippen LogP contribution in [0.2, 0.25) is 18.1 Å². The summed E-state index contributed by atoms with van der Waals surface area (Å²) in [5.41, 5.74) is 1.40. The molecule has 2 rings (SSSR count). The van der Waals surface area contributed by atoms with Gasteiger partial charge >= 0.3 is 0 Å². The lowest BCUT2D eigenvalue weighted by molar-refractivity contribution is -0.0666. The molecule has 23 heavy (non-hydrogen) atoms. The molecule has 0 aromatic heterocycles. The average Bonchev–Trinajstić information content (AvgIpc) is 2.88. The fourth-order valence-electron chi connectivity index (χ4n) is 2.52. The molecule has 0 aromatic carbocycles. The van der Waals surface area contributed by atoms with E-state index in [1.165, 1.54) is 16.5 Å². The Hall–Kier alpha value is 0.0569. The number of hydrogen-bond donors (Lipinski definition) is 0. The topological polar surface area (TPSA) is 27.7 Å². The molecule has 0 spiro atoms. The van der Waals surface area contributed by atoms with Gasteiger partial charge in [-0.3, -0.25) is 0 Å². The molecule has 1 aliphatic carbocycles. The minimum absolute atomic E-state index is 0.00472. The zero-order chi connectivity index (χ0) is 17.1. The van der Waals surface area contributed by atoms with Gasteiger partial charge in [0.15, 0.2) is 8.32 Å². The van der Waals surface area contributed by atoms with Gasteiger partial charge in [0.05, 0.1) is 19.8 Å². The SMILES string of the molecule is CC(C)(C)[Si](C)(C)OC[C@H]1OCC=C[C@@H]1OCC1=C(Br)CCC1. The molecule has 5 heteroatoms. The molecule has 3 nitrogen and oxygen atoms in total. The van der Waals surface area contributed by atoms with Crippen LogP contribution in [0.4, 0.5) is 0 Å². The van der Waals surface area contributed by atoms with Crippen molar-refractivity contribution in [3.05, 3.63) is 22.2 Å². The van der Waals surface area contributed by atoms with Crippen LogP contribution in [0.25, 0.3) is 0 Å². The van der Waals surface area contributed by atoms with Gasteiger partial charge in [-0.15, -0.1) is 0 Å². The molecule has 0 N–H and O–H groups in total. The number of halogens is 1. The van der Waals surface area contributed by atoms with Crippen molar-refractivity contribution in [2.75, 3.05) is 19.8 Å². The first-order chi connectivity index (χ1) is 10.7. The normalized spacial score (nSPS) is 26.2. The minimum Gasteiger partial charge on any atom is -0.414 e. The molecule has 0 saturated heterocycles. The van der Waals surface area contributed by atoms with Crippen LogP contribution in [0.1, 0.15) is 40.0 Å². The summed E-state index contributed by atoms with van der Waals surface area (Å²) in [6.07, 6.45) is 7.68. The van der Waals surface area contributed by atoms with Crippen molar-refractivity contribution in [3.8, 4) is 0 Å². The van der Waals surface area contributed by atoms with Crippen molar-refractivity contribution in [2.24, 2.45) is 0 Å². The largest absolute Gasteiger partial charge is 0.414 e. The number of allylic oxidation sites excluding steroid dienone is 1. The maximum Gasteiger partial charge on any atom is 0.192 e. The Bertz CT molecular complexity index is 465. The van der Waals surface area contributed by atoms with Gasteiger partial charge in [-0.1, -0.05) is 48.9 Å². The molecule has 0 fully saturated rings. The van der Waals surface area contributed by atoms with Gasteiger partial charge < -0.3 is 13.9 Å². The minimum atomic E-state index is -1.75. The van der Waals surface area contributed by atoms with E-state index in [4.69, 9.17) is 13.9 Å². The summed E-state index contributed by atoms with van der Waals surface area (Å²) >= 11 is 3.65. The third-order valence-electron chi connectivity index (χ3n) is 5.22. The smallest absolute Gasteiger partial charge is 0.192 e. The van der Waals surface area contributed by atoms with Crippen molar-refractivity contribution in [1.29, 1.82) is 0 Å². The van der Waals surface area contributed by atoms with E-state index in [1.807, 2.05) is 6.08 Å². The van der Waals surface area contributed by atoms with E-state index >= 15 is 0 Å². The van der Waals surface area contributed by atoms with E-state index in [1.54, 1.807) is 0 Å². The molecule has 1 heterocycles. The molecular formula is C18H31BrO3Si. The molecule has 0 radical (unpaired) electrons. The van der Waals surface area contributed by atoms with Crippen LogP contribution in [0.3, 0.4) is 0 Å². The molecule has 2 atom stereocenters. The Labute approximate surface area is 150 Å². The van der Waals surface area contributed by atoms with Crippen LogP contribution in [-0.2, 0) is 13.9 Å². The van der Waals surface area contributed by atoms with Gasteiger partial charge in [0.1, 0.15) is 12.2 Å². The zero-order valence-electron chi connectivity index (χ0n) is 15.2. The van der Waals surface area contributed by atoms with Gasteiger partial charge in [0.2, 0.25) is 0 Å². The van der Waals surface area contributed by atoms with Crippen LogP contribution in [0, 0.1) is 0 Å². The van der Waals surface area contributed by atoms with E-state index < -0.39 is 8.32 Å². The first-order valence-corrected chi connectivity index (χ1v) is 12.3. The summed E-state index contributed by atoms with van der Waals surface area (Å²) in [5, 5.41) is 0.216. The van der Waals surface area contributed by atoms with Crippen LogP contribution >= 0.6 is 15.9 Å². The lowest BCUT2D eigenvalue weighted by Crippen LogP contribution is -2.46. The van der Waals surface area contributed by atoms with Crippen LogP contribution in [-0.4, -0.2) is 40.3 Å². The first kappa shape index (κ1) is 19.4. The van der Waals surface area contributed by atoms with E-state index in [9.17, 15) is 0 Å². The summed E-state index contributed by atoms with van der Waals surface area (Å²) < 4.78 is 19.7. The molecule has 2 aliphatic rings. The zero-order valence-corrected chi connectivity index (χ0v) is 17.7. The highest BCUT2D eigenvalue weighted by atomic mass is 79.9. The van der Waals surface area contributed by atoms with E-state index in [-0.39, 0.29) is 17.2 Å². The summed E-state index contributed by atoms with van der Waals surface area (Å²) in [4.78, 5) is 0. The van der Waals surface area contributed by atoms with Gasteiger partial charge in [-0.05, 0) is 47.5 Å². The van der Waals surface area contributed by atoms with Gasteiger partial charge in [0, 0.05) is 0 Å². The van der Waals surface area contributed by atoms with Gasteiger partial charge in [-0.2, -0.15) is 0 Å². The van der Waals surface area contributed by atoms with E-state index in [0.717, 1.165) is 12.8 Å². The maximum atomic E-state index is 6.34. The first-order valence-electron chi connectivity index (χ1n) is 8.61. The van der Waals surface area contributed by atoms with Crippen molar-refractivity contribution in [2.45, 2.75) is 70.4 Å². The number of hydrogen-bond acceptors (Lipinski definition) is 3. The molecule has 0 saturated carbocycles. The second-order valence-corrected chi connectivity index (χ2v) is 13.8. The number of ether oxygens (including phenoxy) is 2. The third kappa shape index (κ3) is 5.26. The van der Waals surface area contributed by atoms with Crippen molar-refractivity contribution >= 4 is 24.2 Å². The average molecular weight is 403 g/mol. The van der Waals surface area contributed by atoms with Crippen LogP contribution in [0.15, 0.2) is 22.2 Å². The third-order valence-corrected chi connectivity index (χ3v) is 10.7. The standard InChI is InChI=1S/C18H31BrO3Si/c1-18(2,3)23(4,5)22-13-17-16(10-7-11-20-17)21-12-14-8-6-9-15(14)19/h7,10,16-17H,6,8-9,11-13H2,1-5H3/t16-,17+/m0/s1. The fraction of sp³-hybridized carbons (Fsp3) is 0.778. The Morgan fingerprint density at radius 1 is 1.30 bits per heavy atom. The monoisotopic (exact) mass is 402 g/mol. The molecule has 0 amide bonds. The van der Waals surface area contributed by atoms with Crippen molar-refractivity contribution in [1.82, 2.24) is 0 Å². The predicted octanol–water partition coefficient (Wildman–Crippen LogP) is 5.18. The lowest BCUT2D eigenvalue weighted by atomic mass is 10.1. The maximum absolute atomic E-state index is 6.34. The molecular weight excluding hydrogens is 372 g/mol. The second kappa shape index (κ2) is 7.96. The van der Waals surface area contributed by atoms with Gasteiger partial charge in [-0.25, -0.2) is 0 Å². The number of rotatable bonds is 6. The van der Waals surface area contributed by atoms with Crippen LogP contribution < -0.4 is 0 Å². The highest BCUT2D eigenvalue weighted by Gasteiger charge is 2.38. The van der Waals surface area contributed by atoms with Crippen LogP contribution in [0.5, 0.6) is 0 Å². The van der Waals surface area contributed by atoms with Gasteiger partial charge in [0.25, 0.3) is 0 Å². The quantitative estimate of drug-likeness (QED) is 0.452. The predicted molar refractivity (Wildman–Crippen MR) is 102 cm³/mol. The molecule has 1 aliphatic heterocycles. The molecule has 0 bridgehead atoms. The summed E-state index contributed by atoms with van der Waals surface area (Å²) in [5.74, 6) is 0. The Balaban J connectivity index is 1.89. The Morgan fingerprint density at radius 3 is 2.65 bits per heavy atom. The van der Waals surface area contributed by atoms with Crippen molar-refractivity contribution < 1.29 is 13.9 Å². The van der Waals surface area contributed by atoms with E-state index in [2.05, 4.69) is 55.9 Å². The highest BCUT2D eigenvalue weighted by Crippen LogP contribution is 2.37. The van der Waals surface area contributed by atoms with E-state index in [0.29, 0.717) is 19.8 Å².